The smallest absolute Gasteiger partial charge is 0.00388 e. The van der Waals surface area contributed by atoms with Gasteiger partial charge in [0.2, 0.25) is 0 Å². The first-order chi connectivity index (χ1) is 5.83. The molecule has 1 unspecified atom stereocenters. The Morgan fingerprint density at radius 3 is 2.75 bits per heavy atom. The molecule has 1 heterocycles. The Hall–Kier alpha value is -0.0800. The summed E-state index contributed by atoms with van der Waals surface area (Å²) in [4.78, 5) is 0. The fourth-order valence-electron chi connectivity index (χ4n) is 1.47. The van der Waals surface area contributed by atoms with E-state index in [1.165, 1.54) is 38.9 Å². The van der Waals surface area contributed by atoms with Crippen molar-refractivity contribution in [1.82, 2.24) is 10.6 Å². The van der Waals surface area contributed by atoms with E-state index in [1.54, 1.807) is 0 Å². The molecule has 2 nitrogen and oxygen atoms in total. The second-order valence-corrected chi connectivity index (χ2v) is 3.98. The van der Waals surface area contributed by atoms with Crippen LogP contribution in [0.1, 0.15) is 33.1 Å². The first kappa shape index (κ1) is 10.0. The van der Waals surface area contributed by atoms with Crippen molar-refractivity contribution in [2.24, 2.45) is 5.92 Å². The SMILES string of the molecule is CCCCC(C)NCC1CNC1. The molecule has 1 aliphatic heterocycles. The first-order valence-electron chi connectivity index (χ1n) is 5.27. The van der Waals surface area contributed by atoms with Gasteiger partial charge in [-0.15, -0.1) is 0 Å². The molecule has 12 heavy (non-hydrogen) atoms. The predicted octanol–water partition coefficient (Wildman–Crippen LogP) is 1.37. The maximum Gasteiger partial charge on any atom is 0.00388 e. The van der Waals surface area contributed by atoms with Gasteiger partial charge in [0.05, 0.1) is 0 Å². The average molecular weight is 170 g/mol. The van der Waals surface area contributed by atoms with Crippen molar-refractivity contribution in [2.45, 2.75) is 39.2 Å². The Labute approximate surface area is 76.1 Å². The number of hydrogen-bond donors (Lipinski definition) is 2. The monoisotopic (exact) mass is 170 g/mol. The Bertz CT molecular complexity index is 110. The van der Waals surface area contributed by atoms with Gasteiger partial charge in [-0.2, -0.15) is 0 Å². The third-order valence-corrected chi connectivity index (χ3v) is 2.61. The lowest BCUT2D eigenvalue weighted by Crippen LogP contribution is -2.48. The highest BCUT2D eigenvalue weighted by molar-refractivity contribution is 4.77. The number of hydrogen-bond acceptors (Lipinski definition) is 2. The summed E-state index contributed by atoms with van der Waals surface area (Å²) in [5.74, 6) is 0.897. The Balaban J connectivity index is 1.90. The van der Waals surface area contributed by atoms with Gasteiger partial charge >= 0.3 is 0 Å². The van der Waals surface area contributed by atoms with Gasteiger partial charge in [0.25, 0.3) is 0 Å². The summed E-state index contributed by atoms with van der Waals surface area (Å²) in [5.41, 5.74) is 0. The van der Waals surface area contributed by atoms with E-state index in [9.17, 15) is 0 Å². The molecular weight excluding hydrogens is 148 g/mol. The van der Waals surface area contributed by atoms with E-state index in [4.69, 9.17) is 0 Å². The molecule has 0 aromatic rings. The Kier molecular flexibility index (Phi) is 4.62. The highest BCUT2D eigenvalue weighted by atomic mass is 15.0. The van der Waals surface area contributed by atoms with Gasteiger partial charge in [0.1, 0.15) is 0 Å². The normalized spacial score (nSPS) is 20.5. The Morgan fingerprint density at radius 2 is 2.25 bits per heavy atom. The van der Waals surface area contributed by atoms with Gasteiger partial charge in [-0.1, -0.05) is 19.8 Å². The molecule has 1 fully saturated rings. The molecule has 1 saturated heterocycles. The van der Waals surface area contributed by atoms with Crippen LogP contribution in [0, 0.1) is 5.92 Å². The zero-order valence-electron chi connectivity index (χ0n) is 8.40. The van der Waals surface area contributed by atoms with Gasteiger partial charge in [-0.25, -0.2) is 0 Å². The molecule has 0 aromatic carbocycles. The van der Waals surface area contributed by atoms with E-state index in [0.717, 1.165) is 5.92 Å². The maximum atomic E-state index is 3.58. The standard InChI is InChI=1S/C10H22N2/c1-3-4-5-9(2)12-8-10-6-11-7-10/h9-12H,3-8H2,1-2H3. The average Bonchev–Trinajstić information content (AvgIpc) is 1.98. The van der Waals surface area contributed by atoms with Crippen LogP contribution >= 0.6 is 0 Å². The van der Waals surface area contributed by atoms with Gasteiger partial charge in [0, 0.05) is 25.7 Å². The van der Waals surface area contributed by atoms with Crippen molar-refractivity contribution in [3.8, 4) is 0 Å². The van der Waals surface area contributed by atoms with Crippen molar-refractivity contribution in [3.05, 3.63) is 0 Å². The second kappa shape index (κ2) is 5.55. The van der Waals surface area contributed by atoms with E-state index in [0.29, 0.717) is 6.04 Å². The van der Waals surface area contributed by atoms with Crippen LogP contribution in [0.3, 0.4) is 0 Å². The van der Waals surface area contributed by atoms with Gasteiger partial charge in [-0.3, -0.25) is 0 Å². The summed E-state index contributed by atoms with van der Waals surface area (Å²) in [5, 5.41) is 6.87. The molecule has 1 atom stereocenters. The van der Waals surface area contributed by atoms with Crippen LogP contribution in [0.25, 0.3) is 0 Å². The van der Waals surface area contributed by atoms with Crippen molar-refractivity contribution in [2.75, 3.05) is 19.6 Å². The summed E-state index contributed by atoms with van der Waals surface area (Å²) in [6, 6.07) is 0.713. The van der Waals surface area contributed by atoms with Crippen LogP contribution in [-0.2, 0) is 0 Å². The molecule has 0 spiro atoms. The van der Waals surface area contributed by atoms with Gasteiger partial charge < -0.3 is 10.6 Å². The first-order valence-corrected chi connectivity index (χ1v) is 5.27. The van der Waals surface area contributed by atoms with Gasteiger partial charge in [0.15, 0.2) is 0 Å². The van der Waals surface area contributed by atoms with E-state index in [1.807, 2.05) is 0 Å². The highest BCUT2D eigenvalue weighted by Gasteiger charge is 2.16. The summed E-state index contributed by atoms with van der Waals surface area (Å²) < 4.78 is 0. The number of nitrogens with one attached hydrogen (secondary N) is 2. The molecule has 0 radical (unpaired) electrons. The lowest BCUT2D eigenvalue weighted by atomic mass is 10.0. The van der Waals surface area contributed by atoms with Crippen LogP contribution in [0.2, 0.25) is 0 Å². The molecule has 1 aliphatic rings. The van der Waals surface area contributed by atoms with E-state index in [2.05, 4.69) is 24.5 Å². The van der Waals surface area contributed by atoms with Crippen molar-refractivity contribution in [3.63, 3.8) is 0 Å². The summed E-state index contributed by atoms with van der Waals surface area (Å²) in [7, 11) is 0. The minimum absolute atomic E-state index is 0.713. The molecule has 72 valence electrons. The van der Waals surface area contributed by atoms with Crippen molar-refractivity contribution >= 4 is 0 Å². The second-order valence-electron chi connectivity index (χ2n) is 3.98. The van der Waals surface area contributed by atoms with Crippen LogP contribution in [0.4, 0.5) is 0 Å². The largest absolute Gasteiger partial charge is 0.316 e. The zero-order valence-corrected chi connectivity index (χ0v) is 8.40. The molecule has 2 heteroatoms. The fraction of sp³-hybridized carbons (Fsp3) is 1.00. The van der Waals surface area contributed by atoms with E-state index < -0.39 is 0 Å². The van der Waals surface area contributed by atoms with Crippen LogP contribution in [0.15, 0.2) is 0 Å². The van der Waals surface area contributed by atoms with Crippen LogP contribution in [0.5, 0.6) is 0 Å². The number of rotatable bonds is 6. The van der Waals surface area contributed by atoms with Crippen LogP contribution < -0.4 is 10.6 Å². The molecule has 0 aromatic heterocycles. The molecular formula is C10H22N2. The van der Waals surface area contributed by atoms with Gasteiger partial charge in [-0.05, 0) is 19.3 Å². The molecule has 0 bridgehead atoms. The summed E-state index contributed by atoms with van der Waals surface area (Å²) >= 11 is 0. The summed E-state index contributed by atoms with van der Waals surface area (Å²) in [6.07, 6.45) is 4.00. The predicted molar refractivity (Wildman–Crippen MR) is 53.3 cm³/mol. The third kappa shape index (κ3) is 3.55. The van der Waals surface area contributed by atoms with Crippen LogP contribution in [-0.4, -0.2) is 25.7 Å². The summed E-state index contributed by atoms with van der Waals surface area (Å²) in [6.45, 7) is 8.18. The fourth-order valence-corrected chi connectivity index (χ4v) is 1.47. The minimum atomic E-state index is 0.713. The highest BCUT2D eigenvalue weighted by Crippen LogP contribution is 2.03. The lowest BCUT2D eigenvalue weighted by Gasteiger charge is -2.28. The quantitative estimate of drug-likeness (QED) is 0.629. The Morgan fingerprint density at radius 1 is 1.50 bits per heavy atom. The topological polar surface area (TPSA) is 24.1 Å². The van der Waals surface area contributed by atoms with E-state index in [-0.39, 0.29) is 0 Å². The minimum Gasteiger partial charge on any atom is -0.316 e. The van der Waals surface area contributed by atoms with E-state index >= 15 is 0 Å². The maximum absolute atomic E-state index is 3.58. The molecule has 0 saturated carbocycles. The van der Waals surface area contributed by atoms with Crippen molar-refractivity contribution in [1.29, 1.82) is 0 Å². The number of unbranched alkanes of at least 4 members (excludes halogenated alkanes) is 1. The molecule has 1 rings (SSSR count). The van der Waals surface area contributed by atoms with Crippen molar-refractivity contribution < 1.29 is 0 Å². The molecule has 0 aliphatic carbocycles. The molecule has 2 N–H and O–H groups in total. The molecule has 0 amide bonds. The lowest BCUT2D eigenvalue weighted by molar-refractivity contribution is 0.315. The zero-order chi connectivity index (χ0) is 8.81. The third-order valence-electron chi connectivity index (χ3n) is 2.61.